The van der Waals surface area contributed by atoms with Crippen LogP contribution in [0, 0.1) is 0 Å². The van der Waals surface area contributed by atoms with Crippen molar-refractivity contribution < 1.29 is 4.42 Å². The average Bonchev–Trinajstić information content (AvgIpc) is 3.49. The highest BCUT2D eigenvalue weighted by Crippen LogP contribution is 2.37. The number of benzene rings is 6. The van der Waals surface area contributed by atoms with E-state index in [4.69, 9.17) is 19.4 Å². The Hall–Kier alpha value is -6.13. The van der Waals surface area contributed by atoms with Gasteiger partial charge in [0.25, 0.3) is 0 Å². The van der Waals surface area contributed by atoms with Crippen molar-refractivity contribution in [3.63, 3.8) is 0 Å². The zero-order valence-electron chi connectivity index (χ0n) is 25.3. The zero-order chi connectivity index (χ0) is 30.9. The van der Waals surface area contributed by atoms with Gasteiger partial charge in [-0.1, -0.05) is 134 Å². The molecule has 8 aromatic rings. The Bertz CT molecular complexity index is 2490. The van der Waals surface area contributed by atoms with Crippen molar-refractivity contribution in [1.82, 2.24) is 15.0 Å². The first-order valence-electron chi connectivity index (χ1n) is 15.4. The SMILES string of the molecule is C\C=C/C=C\C=C\c1ccc2c(c1)oc1cccc(-c3nc(-c4ccccc4)nc(-c4ccc5c(ccc6ccccc65)c4)n3)c12. The Kier molecular flexibility index (Phi) is 7.01. The Balaban J connectivity index is 1.29. The average molecular weight is 592 g/mol. The Morgan fingerprint density at radius 1 is 0.500 bits per heavy atom. The summed E-state index contributed by atoms with van der Waals surface area (Å²) in [6, 6.07) is 41.7. The summed E-state index contributed by atoms with van der Waals surface area (Å²) in [7, 11) is 0. The summed E-state index contributed by atoms with van der Waals surface area (Å²) in [6.45, 7) is 2.00. The topological polar surface area (TPSA) is 51.8 Å². The molecule has 2 aromatic heterocycles. The van der Waals surface area contributed by atoms with Gasteiger partial charge in [-0.15, -0.1) is 0 Å². The number of hydrogen-bond acceptors (Lipinski definition) is 4. The molecule has 0 amide bonds. The van der Waals surface area contributed by atoms with E-state index in [0.717, 1.165) is 49.6 Å². The van der Waals surface area contributed by atoms with Crippen LogP contribution in [0.1, 0.15) is 12.5 Å². The molecule has 6 aromatic carbocycles. The fourth-order valence-electron chi connectivity index (χ4n) is 6.03. The molecule has 0 N–H and O–H groups in total. The molecule has 8 rings (SSSR count). The van der Waals surface area contributed by atoms with E-state index in [1.54, 1.807) is 0 Å². The highest BCUT2D eigenvalue weighted by atomic mass is 16.3. The van der Waals surface area contributed by atoms with Crippen molar-refractivity contribution in [3.05, 3.63) is 157 Å². The molecular formula is C42H29N3O. The monoisotopic (exact) mass is 591 g/mol. The lowest BCUT2D eigenvalue weighted by atomic mass is 10.00. The standard InChI is InChI=1S/C42H29N3O/c1-2-3-4-5-7-13-28-20-24-35-38(26-28)46-37-19-12-18-36(39(35)37)42-44-40(30-15-8-6-9-16-30)43-41(45-42)32-23-25-34-31(27-32)22-21-29-14-10-11-17-33(29)34/h2-27H,1H3/b3-2-,5-4-,13-7+. The van der Waals surface area contributed by atoms with Crippen LogP contribution in [0.2, 0.25) is 0 Å². The predicted molar refractivity (Wildman–Crippen MR) is 191 cm³/mol. The Morgan fingerprint density at radius 3 is 2.13 bits per heavy atom. The number of rotatable bonds is 6. The molecule has 0 aliphatic heterocycles. The molecule has 4 nitrogen and oxygen atoms in total. The van der Waals surface area contributed by atoms with Crippen LogP contribution >= 0.6 is 0 Å². The highest BCUT2D eigenvalue weighted by Gasteiger charge is 2.18. The van der Waals surface area contributed by atoms with Gasteiger partial charge >= 0.3 is 0 Å². The van der Waals surface area contributed by atoms with Crippen LogP contribution in [-0.4, -0.2) is 15.0 Å². The molecule has 4 heteroatoms. The molecule has 0 radical (unpaired) electrons. The third kappa shape index (κ3) is 5.06. The minimum absolute atomic E-state index is 0.605. The van der Waals surface area contributed by atoms with E-state index in [9.17, 15) is 0 Å². The number of hydrogen-bond donors (Lipinski definition) is 0. The smallest absolute Gasteiger partial charge is 0.164 e. The molecule has 0 saturated carbocycles. The maximum Gasteiger partial charge on any atom is 0.164 e. The second-order valence-corrected chi connectivity index (χ2v) is 11.2. The number of allylic oxidation sites excluding steroid dienone is 5. The minimum atomic E-state index is 0.605. The summed E-state index contributed by atoms with van der Waals surface area (Å²) < 4.78 is 6.38. The largest absolute Gasteiger partial charge is 0.456 e. The van der Waals surface area contributed by atoms with Crippen LogP contribution in [0.3, 0.4) is 0 Å². The lowest BCUT2D eigenvalue weighted by molar-refractivity contribution is 0.669. The van der Waals surface area contributed by atoms with Gasteiger partial charge in [-0.2, -0.15) is 0 Å². The van der Waals surface area contributed by atoms with Gasteiger partial charge in [-0.3, -0.25) is 0 Å². The van der Waals surface area contributed by atoms with E-state index in [0.29, 0.717) is 17.5 Å². The summed E-state index contributed by atoms with van der Waals surface area (Å²) in [5.41, 5.74) is 5.46. The van der Waals surface area contributed by atoms with E-state index in [2.05, 4.69) is 84.9 Å². The van der Waals surface area contributed by atoms with Crippen molar-refractivity contribution in [1.29, 1.82) is 0 Å². The van der Waals surface area contributed by atoms with Gasteiger partial charge in [0.15, 0.2) is 17.5 Å². The quantitative estimate of drug-likeness (QED) is 0.143. The molecule has 0 aliphatic rings. The molecule has 0 bridgehead atoms. The van der Waals surface area contributed by atoms with E-state index >= 15 is 0 Å². The van der Waals surface area contributed by atoms with Crippen molar-refractivity contribution in [2.75, 3.05) is 0 Å². The Labute approximate surface area is 266 Å². The lowest BCUT2D eigenvalue weighted by Crippen LogP contribution is -2.00. The van der Waals surface area contributed by atoms with Crippen LogP contribution in [0.15, 0.2) is 156 Å². The molecule has 218 valence electrons. The van der Waals surface area contributed by atoms with E-state index in [1.807, 2.05) is 79.8 Å². The van der Waals surface area contributed by atoms with Gasteiger partial charge in [-0.25, -0.2) is 15.0 Å². The van der Waals surface area contributed by atoms with Crippen LogP contribution < -0.4 is 0 Å². The zero-order valence-corrected chi connectivity index (χ0v) is 25.3. The summed E-state index contributed by atoms with van der Waals surface area (Å²) in [6.07, 6.45) is 12.1. The third-order valence-electron chi connectivity index (χ3n) is 8.25. The first-order chi connectivity index (χ1) is 22.7. The van der Waals surface area contributed by atoms with Crippen molar-refractivity contribution in [2.45, 2.75) is 6.92 Å². The normalized spacial score (nSPS) is 12.2. The molecular weight excluding hydrogens is 562 g/mol. The molecule has 46 heavy (non-hydrogen) atoms. The van der Waals surface area contributed by atoms with E-state index < -0.39 is 0 Å². The first kappa shape index (κ1) is 27.4. The Morgan fingerprint density at radius 2 is 1.24 bits per heavy atom. The summed E-state index contributed by atoms with van der Waals surface area (Å²) in [5, 5.41) is 6.81. The molecule has 0 saturated heterocycles. The van der Waals surface area contributed by atoms with Gasteiger partial charge in [0.2, 0.25) is 0 Å². The van der Waals surface area contributed by atoms with Gasteiger partial charge in [0.05, 0.1) is 0 Å². The van der Waals surface area contributed by atoms with Crippen molar-refractivity contribution in [2.24, 2.45) is 0 Å². The number of aromatic nitrogens is 3. The number of nitrogens with zero attached hydrogens (tertiary/aromatic N) is 3. The molecule has 0 atom stereocenters. The number of furan rings is 1. The maximum absolute atomic E-state index is 6.38. The van der Waals surface area contributed by atoms with Crippen LogP contribution in [0.25, 0.3) is 83.7 Å². The third-order valence-corrected chi connectivity index (χ3v) is 8.25. The first-order valence-corrected chi connectivity index (χ1v) is 15.4. The minimum Gasteiger partial charge on any atom is -0.456 e. The summed E-state index contributed by atoms with van der Waals surface area (Å²) >= 11 is 0. The summed E-state index contributed by atoms with van der Waals surface area (Å²) in [4.78, 5) is 15.1. The van der Waals surface area contributed by atoms with Gasteiger partial charge < -0.3 is 4.42 Å². The number of fused-ring (bicyclic) bond motifs is 6. The maximum atomic E-state index is 6.38. The van der Waals surface area contributed by atoms with Gasteiger partial charge in [0.1, 0.15) is 11.2 Å². The van der Waals surface area contributed by atoms with Crippen LogP contribution in [0.5, 0.6) is 0 Å². The fourth-order valence-corrected chi connectivity index (χ4v) is 6.03. The predicted octanol–water partition coefficient (Wildman–Crippen LogP) is 11.2. The van der Waals surface area contributed by atoms with Crippen LogP contribution in [-0.2, 0) is 0 Å². The second kappa shape index (κ2) is 11.8. The summed E-state index contributed by atoms with van der Waals surface area (Å²) in [5.74, 6) is 1.86. The molecule has 0 fully saturated rings. The van der Waals surface area contributed by atoms with Gasteiger partial charge in [-0.05, 0) is 58.3 Å². The fraction of sp³-hybridized carbons (Fsp3) is 0.0238. The molecule has 0 spiro atoms. The van der Waals surface area contributed by atoms with Crippen LogP contribution in [0.4, 0.5) is 0 Å². The van der Waals surface area contributed by atoms with Crippen molar-refractivity contribution >= 4 is 49.6 Å². The molecule has 2 heterocycles. The van der Waals surface area contributed by atoms with Crippen molar-refractivity contribution in [3.8, 4) is 34.2 Å². The molecule has 0 unspecified atom stereocenters. The highest BCUT2D eigenvalue weighted by molar-refractivity contribution is 6.12. The van der Waals surface area contributed by atoms with E-state index in [1.165, 1.54) is 16.2 Å². The lowest BCUT2D eigenvalue weighted by Gasteiger charge is -2.10. The second-order valence-electron chi connectivity index (χ2n) is 11.2. The molecule has 0 aliphatic carbocycles. The van der Waals surface area contributed by atoms with Gasteiger partial charge in [0, 0.05) is 27.5 Å². The van der Waals surface area contributed by atoms with E-state index in [-0.39, 0.29) is 0 Å².